The molecule has 162 valence electrons. The summed E-state index contributed by atoms with van der Waals surface area (Å²) in [4.78, 5) is 32.3. The van der Waals surface area contributed by atoms with E-state index in [1.807, 2.05) is 18.2 Å². The first-order chi connectivity index (χ1) is 15.4. The molecule has 1 N–H and O–H groups in total. The van der Waals surface area contributed by atoms with Gasteiger partial charge < -0.3 is 5.32 Å². The van der Waals surface area contributed by atoms with Crippen LogP contribution in [-0.2, 0) is 16.0 Å². The lowest BCUT2D eigenvalue weighted by Crippen LogP contribution is -2.36. The third-order valence-electron chi connectivity index (χ3n) is 4.67. The van der Waals surface area contributed by atoms with Crippen molar-refractivity contribution >= 4 is 74.3 Å². The van der Waals surface area contributed by atoms with E-state index in [0.29, 0.717) is 19.4 Å². The summed E-state index contributed by atoms with van der Waals surface area (Å²) < 4.78 is 0.336. The number of aryl methyl sites for hydroxylation is 1. The van der Waals surface area contributed by atoms with Gasteiger partial charge in [-0.3, -0.25) is 14.5 Å². The molecule has 2 heterocycles. The fourth-order valence-corrected chi connectivity index (χ4v) is 5.33. The van der Waals surface area contributed by atoms with Crippen molar-refractivity contribution in [3.05, 3.63) is 86.2 Å². The number of rotatable bonds is 6. The van der Waals surface area contributed by atoms with E-state index < -0.39 is 0 Å². The molecule has 2 aromatic carbocycles. The van der Waals surface area contributed by atoms with Gasteiger partial charge in [-0.1, -0.05) is 83.6 Å². The number of halogens is 1. The Bertz CT molecular complexity index is 1220. The number of thiazole rings is 1. The van der Waals surface area contributed by atoms with Gasteiger partial charge in [0.25, 0.3) is 5.91 Å². The lowest BCUT2D eigenvalue weighted by Gasteiger charge is -2.13. The van der Waals surface area contributed by atoms with Crippen LogP contribution >= 0.6 is 46.9 Å². The Morgan fingerprint density at radius 3 is 2.72 bits per heavy atom. The normalized spacial score (nSPS) is 14.9. The molecule has 0 radical (unpaired) electrons. The van der Waals surface area contributed by atoms with Crippen LogP contribution in [0.1, 0.15) is 21.6 Å². The number of carbonyl (C=O) groups is 2. The summed E-state index contributed by atoms with van der Waals surface area (Å²) >= 11 is 14.1. The van der Waals surface area contributed by atoms with Gasteiger partial charge in [-0.15, -0.1) is 11.3 Å². The van der Waals surface area contributed by atoms with Gasteiger partial charge >= 0.3 is 0 Å². The van der Waals surface area contributed by atoms with E-state index in [4.69, 9.17) is 23.8 Å². The van der Waals surface area contributed by atoms with Crippen LogP contribution in [-0.4, -0.2) is 32.6 Å². The largest absolute Gasteiger partial charge is 0.300 e. The second kappa shape index (κ2) is 9.95. The number of hydrogen-bond acceptors (Lipinski definition) is 6. The van der Waals surface area contributed by atoms with Gasteiger partial charge in [-0.25, -0.2) is 4.98 Å². The Labute approximate surface area is 204 Å². The number of nitrogens with one attached hydrogen (secondary N) is 1. The van der Waals surface area contributed by atoms with E-state index >= 15 is 0 Å². The molecule has 0 saturated carbocycles. The number of hydrogen-bond donors (Lipinski definition) is 1. The first-order valence-corrected chi connectivity index (χ1v) is 12.1. The van der Waals surface area contributed by atoms with Gasteiger partial charge in [0.2, 0.25) is 5.91 Å². The molecule has 3 aromatic rings. The lowest BCUT2D eigenvalue weighted by atomic mass is 10.1. The Kier molecular flexibility index (Phi) is 7.05. The molecule has 1 aliphatic rings. The zero-order valence-electron chi connectivity index (χ0n) is 17.0. The number of anilines is 1. The summed E-state index contributed by atoms with van der Waals surface area (Å²) in [6.07, 6.45) is 4.19. The third kappa shape index (κ3) is 5.45. The number of nitrogens with zero attached hydrogens (tertiary/aromatic N) is 2. The van der Waals surface area contributed by atoms with Gasteiger partial charge in [-0.05, 0) is 30.2 Å². The minimum Gasteiger partial charge on any atom is -0.300 e. The van der Waals surface area contributed by atoms with Gasteiger partial charge in [0.15, 0.2) is 5.13 Å². The number of benzene rings is 2. The second-order valence-corrected chi connectivity index (χ2v) is 10.3. The fraction of sp³-hybridized carbons (Fsp3) is 0.130. The van der Waals surface area contributed by atoms with Crippen molar-refractivity contribution in [1.82, 2.24) is 9.88 Å². The summed E-state index contributed by atoms with van der Waals surface area (Å²) in [5, 5.41) is 3.80. The van der Waals surface area contributed by atoms with Crippen LogP contribution in [0.4, 0.5) is 5.13 Å². The molecule has 1 fully saturated rings. The summed E-state index contributed by atoms with van der Waals surface area (Å²) in [7, 11) is 0. The van der Waals surface area contributed by atoms with Crippen LogP contribution in [0.3, 0.4) is 0 Å². The molecule has 0 spiro atoms. The Balaban J connectivity index is 1.37. The summed E-state index contributed by atoms with van der Waals surface area (Å²) in [6.45, 7) is 1.88. The SMILES string of the molecule is Cc1ccc(Cc2cnc(NC(=O)CN3C(=O)/C(=C/c4ccccc4Cl)SC3=S)s2)cc1. The number of aromatic nitrogens is 1. The molecule has 9 heteroatoms. The predicted molar refractivity (Wildman–Crippen MR) is 136 cm³/mol. The van der Waals surface area contributed by atoms with Crippen LogP contribution in [0.5, 0.6) is 0 Å². The topological polar surface area (TPSA) is 62.3 Å². The smallest absolute Gasteiger partial charge is 0.266 e. The standard InChI is InChI=1S/C23H18ClN3O2S3/c1-14-6-8-15(9-7-14)10-17-12-25-22(31-17)26-20(28)13-27-21(29)19(32-23(27)30)11-16-4-2-3-5-18(16)24/h2-9,11-12H,10,13H2,1H3,(H,25,26,28)/b19-11-. The van der Waals surface area contributed by atoms with Crippen molar-refractivity contribution in [2.45, 2.75) is 13.3 Å². The van der Waals surface area contributed by atoms with Crippen LogP contribution in [0.25, 0.3) is 6.08 Å². The quantitative estimate of drug-likeness (QED) is 0.356. The zero-order chi connectivity index (χ0) is 22.7. The van der Waals surface area contributed by atoms with E-state index in [0.717, 1.165) is 28.6 Å². The number of thiocarbonyl (C=S) groups is 1. The average molecular weight is 500 g/mol. The second-order valence-electron chi connectivity index (χ2n) is 7.13. The van der Waals surface area contributed by atoms with E-state index in [9.17, 15) is 9.59 Å². The summed E-state index contributed by atoms with van der Waals surface area (Å²) in [5.74, 6) is -0.661. The lowest BCUT2D eigenvalue weighted by molar-refractivity contribution is -0.126. The minimum atomic E-state index is -0.350. The molecule has 1 aromatic heterocycles. The maximum Gasteiger partial charge on any atom is 0.266 e. The average Bonchev–Trinajstić information content (AvgIpc) is 3.30. The predicted octanol–water partition coefficient (Wildman–Crippen LogP) is 5.54. The highest BCUT2D eigenvalue weighted by Crippen LogP contribution is 2.33. The Hall–Kier alpha value is -2.52. The van der Waals surface area contributed by atoms with Crippen molar-refractivity contribution in [3.8, 4) is 0 Å². The highest BCUT2D eigenvalue weighted by molar-refractivity contribution is 8.26. The summed E-state index contributed by atoms with van der Waals surface area (Å²) in [5.41, 5.74) is 3.12. The molecular weight excluding hydrogens is 482 g/mol. The van der Waals surface area contributed by atoms with Gasteiger partial charge in [0.05, 0.1) is 4.91 Å². The maximum atomic E-state index is 12.8. The van der Waals surface area contributed by atoms with Gasteiger partial charge in [0, 0.05) is 22.5 Å². The maximum absolute atomic E-state index is 12.8. The number of thioether (sulfide) groups is 1. The Morgan fingerprint density at radius 1 is 1.22 bits per heavy atom. The highest BCUT2D eigenvalue weighted by atomic mass is 35.5. The van der Waals surface area contributed by atoms with E-state index in [-0.39, 0.29) is 18.4 Å². The van der Waals surface area contributed by atoms with Crippen LogP contribution in [0, 0.1) is 6.92 Å². The van der Waals surface area contributed by atoms with Gasteiger partial charge in [0.1, 0.15) is 10.9 Å². The molecule has 0 bridgehead atoms. The zero-order valence-corrected chi connectivity index (χ0v) is 20.2. The molecule has 32 heavy (non-hydrogen) atoms. The first kappa shape index (κ1) is 22.7. The fourth-order valence-electron chi connectivity index (χ4n) is 3.03. The summed E-state index contributed by atoms with van der Waals surface area (Å²) in [6, 6.07) is 15.5. The molecule has 1 saturated heterocycles. The molecule has 0 atom stereocenters. The van der Waals surface area contributed by atoms with Crippen molar-refractivity contribution in [2.75, 3.05) is 11.9 Å². The monoisotopic (exact) mass is 499 g/mol. The number of amides is 2. The van der Waals surface area contributed by atoms with Crippen molar-refractivity contribution < 1.29 is 9.59 Å². The van der Waals surface area contributed by atoms with Crippen LogP contribution in [0.15, 0.2) is 59.6 Å². The molecule has 1 aliphatic heterocycles. The van der Waals surface area contributed by atoms with Crippen molar-refractivity contribution in [2.24, 2.45) is 0 Å². The molecule has 4 rings (SSSR count). The number of carbonyl (C=O) groups excluding carboxylic acids is 2. The molecule has 5 nitrogen and oxygen atoms in total. The first-order valence-electron chi connectivity index (χ1n) is 9.69. The third-order valence-corrected chi connectivity index (χ3v) is 7.30. The minimum absolute atomic E-state index is 0.169. The van der Waals surface area contributed by atoms with E-state index in [2.05, 4.69) is 41.5 Å². The van der Waals surface area contributed by atoms with Crippen molar-refractivity contribution in [3.63, 3.8) is 0 Å². The molecule has 0 unspecified atom stereocenters. The van der Waals surface area contributed by atoms with Crippen molar-refractivity contribution in [1.29, 1.82) is 0 Å². The highest BCUT2D eigenvalue weighted by Gasteiger charge is 2.33. The van der Waals surface area contributed by atoms with Crippen LogP contribution in [0.2, 0.25) is 5.02 Å². The molecular formula is C23H18ClN3O2S3. The molecule has 2 amide bonds. The molecule has 0 aliphatic carbocycles. The Morgan fingerprint density at radius 2 is 1.97 bits per heavy atom. The van der Waals surface area contributed by atoms with E-state index in [1.165, 1.54) is 27.4 Å². The van der Waals surface area contributed by atoms with Gasteiger partial charge in [-0.2, -0.15) is 0 Å². The van der Waals surface area contributed by atoms with E-state index in [1.54, 1.807) is 18.3 Å². The van der Waals surface area contributed by atoms with Crippen LogP contribution < -0.4 is 5.32 Å².